The number of nitrogens with one attached hydrogen (secondary N) is 1. The van der Waals surface area contributed by atoms with Crippen LogP contribution in [-0.2, 0) is 13.2 Å². The summed E-state index contributed by atoms with van der Waals surface area (Å²) in [6, 6.07) is 13.6. The van der Waals surface area contributed by atoms with Crippen molar-refractivity contribution in [2.45, 2.75) is 20.1 Å². The van der Waals surface area contributed by atoms with Gasteiger partial charge in [0.25, 0.3) is 5.91 Å². The fourth-order valence-electron chi connectivity index (χ4n) is 3.71. The van der Waals surface area contributed by atoms with E-state index < -0.39 is 0 Å². The summed E-state index contributed by atoms with van der Waals surface area (Å²) < 4.78 is 5.87. The minimum Gasteiger partial charge on any atom is -0.493 e. The monoisotopic (exact) mass is 448 g/mol. The molecule has 2 aromatic carbocycles. The Labute approximate surface area is 188 Å². The molecule has 2 N–H and O–H groups in total. The third-order valence-electron chi connectivity index (χ3n) is 5.28. The van der Waals surface area contributed by atoms with Crippen molar-refractivity contribution >= 4 is 31.4 Å². The smallest absolute Gasteiger partial charge is 0.254 e. The van der Waals surface area contributed by atoms with E-state index in [-0.39, 0.29) is 12.5 Å². The van der Waals surface area contributed by atoms with E-state index in [4.69, 9.17) is 4.74 Å². The van der Waals surface area contributed by atoms with Gasteiger partial charge >= 0.3 is 0 Å². The molecule has 0 aliphatic rings. The number of aliphatic hydroxyl groups excluding tert-OH is 1. The van der Waals surface area contributed by atoms with Gasteiger partial charge in [-0.1, -0.05) is 18.2 Å². The van der Waals surface area contributed by atoms with Gasteiger partial charge in [-0.3, -0.25) is 14.9 Å². The Balaban J connectivity index is 1.61. The molecular weight excluding hydrogens is 423 g/mol. The van der Waals surface area contributed by atoms with Crippen LogP contribution in [0.15, 0.2) is 54.9 Å². The molecule has 4 rings (SSSR count). The number of H-pyrrole nitrogens is 1. The number of hydrogen-bond donors (Lipinski definition) is 2. The first-order chi connectivity index (χ1) is 15.5. The molecule has 2 aromatic heterocycles. The lowest BCUT2D eigenvalue weighted by atomic mass is 10.0. The predicted octanol–water partition coefficient (Wildman–Crippen LogP) is 3.29. The third kappa shape index (κ3) is 4.35. The lowest BCUT2D eigenvalue weighted by Crippen LogP contribution is -2.26. The van der Waals surface area contributed by atoms with Crippen LogP contribution in [0.1, 0.15) is 28.5 Å². The standard InChI is InChI=1S/C24H25N4O3P/c1-3-31-22-10-16(7-8-19(22)15-5-4-6-18(32)9-15)24(30)28(2)13-17-11-25-21(14-29)20-12-26-27-23(17)20/h4-12,29H,3,13-14,32H2,1-2H3,(H,26,27). The van der Waals surface area contributed by atoms with E-state index in [1.807, 2.05) is 37.3 Å². The van der Waals surface area contributed by atoms with E-state index in [0.29, 0.717) is 30.2 Å². The van der Waals surface area contributed by atoms with Crippen LogP contribution in [0.2, 0.25) is 0 Å². The number of nitrogens with zero attached hydrogens (tertiary/aromatic N) is 3. The van der Waals surface area contributed by atoms with E-state index >= 15 is 0 Å². The molecule has 2 heterocycles. The van der Waals surface area contributed by atoms with Gasteiger partial charge in [-0.15, -0.1) is 9.24 Å². The molecule has 4 aromatic rings. The molecule has 1 atom stereocenters. The third-order valence-corrected chi connectivity index (χ3v) is 5.64. The Hall–Kier alpha value is -3.28. The number of pyridine rings is 1. The maximum absolute atomic E-state index is 13.2. The average molecular weight is 448 g/mol. The zero-order chi connectivity index (χ0) is 22.7. The van der Waals surface area contributed by atoms with Crippen molar-refractivity contribution < 1.29 is 14.6 Å². The molecule has 1 unspecified atom stereocenters. The van der Waals surface area contributed by atoms with Crippen LogP contribution in [0.5, 0.6) is 5.75 Å². The quantitative estimate of drug-likeness (QED) is 0.424. The summed E-state index contributed by atoms with van der Waals surface area (Å²) in [5.41, 5.74) is 4.67. The van der Waals surface area contributed by atoms with Gasteiger partial charge in [-0.05, 0) is 42.1 Å². The van der Waals surface area contributed by atoms with E-state index in [1.54, 1.807) is 30.4 Å². The lowest BCUT2D eigenvalue weighted by molar-refractivity contribution is 0.0785. The molecule has 164 valence electrons. The normalized spacial score (nSPS) is 11.0. The first kappa shape index (κ1) is 21.9. The van der Waals surface area contributed by atoms with Gasteiger partial charge in [0.2, 0.25) is 0 Å². The summed E-state index contributed by atoms with van der Waals surface area (Å²) in [5, 5.41) is 18.3. The summed E-state index contributed by atoms with van der Waals surface area (Å²) in [5.74, 6) is 0.545. The van der Waals surface area contributed by atoms with Gasteiger partial charge < -0.3 is 14.7 Å². The molecule has 0 aliphatic carbocycles. The summed E-state index contributed by atoms with van der Waals surface area (Å²) >= 11 is 0. The zero-order valence-corrected chi connectivity index (χ0v) is 19.2. The number of fused-ring (bicyclic) bond motifs is 1. The maximum Gasteiger partial charge on any atom is 0.254 e. The Kier molecular flexibility index (Phi) is 6.49. The molecule has 32 heavy (non-hydrogen) atoms. The van der Waals surface area contributed by atoms with Crippen LogP contribution >= 0.6 is 9.24 Å². The number of benzene rings is 2. The Bertz CT molecular complexity index is 1270. The summed E-state index contributed by atoms with van der Waals surface area (Å²) in [7, 11) is 4.44. The van der Waals surface area contributed by atoms with Crippen molar-refractivity contribution in [3.05, 3.63) is 71.7 Å². The highest BCUT2D eigenvalue weighted by Gasteiger charge is 2.18. The van der Waals surface area contributed by atoms with Crippen LogP contribution in [-0.4, -0.2) is 44.7 Å². The highest BCUT2D eigenvalue weighted by molar-refractivity contribution is 7.27. The highest BCUT2D eigenvalue weighted by atomic mass is 31.0. The van der Waals surface area contributed by atoms with Crippen molar-refractivity contribution in [3.63, 3.8) is 0 Å². The van der Waals surface area contributed by atoms with Crippen molar-refractivity contribution in [1.82, 2.24) is 20.1 Å². The molecule has 0 radical (unpaired) electrons. The number of carbonyl (C=O) groups is 1. The molecule has 0 saturated carbocycles. The van der Waals surface area contributed by atoms with Gasteiger partial charge in [-0.25, -0.2) is 0 Å². The SMILES string of the molecule is CCOc1cc(C(=O)N(C)Cc2cnc(CO)c3cn[nH]c23)ccc1-c1cccc(P)c1. The van der Waals surface area contributed by atoms with Crippen molar-refractivity contribution in [2.75, 3.05) is 13.7 Å². The fourth-order valence-corrected chi connectivity index (χ4v) is 4.00. The van der Waals surface area contributed by atoms with E-state index in [9.17, 15) is 9.90 Å². The van der Waals surface area contributed by atoms with E-state index in [0.717, 1.165) is 32.9 Å². The summed E-state index contributed by atoms with van der Waals surface area (Å²) in [6.07, 6.45) is 3.30. The number of aromatic nitrogens is 3. The number of rotatable bonds is 7. The van der Waals surface area contributed by atoms with Gasteiger partial charge in [0.05, 0.1) is 30.6 Å². The second-order valence-corrected chi connectivity index (χ2v) is 8.14. The first-order valence-electron chi connectivity index (χ1n) is 10.3. The lowest BCUT2D eigenvalue weighted by Gasteiger charge is -2.19. The van der Waals surface area contributed by atoms with Gasteiger partial charge in [0, 0.05) is 41.9 Å². The second-order valence-electron chi connectivity index (χ2n) is 7.48. The first-order valence-corrected chi connectivity index (χ1v) is 10.9. The van der Waals surface area contributed by atoms with Crippen LogP contribution in [0, 0.1) is 0 Å². The van der Waals surface area contributed by atoms with Crippen LogP contribution in [0.3, 0.4) is 0 Å². The van der Waals surface area contributed by atoms with Crippen molar-refractivity contribution in [3.8, 4) is 16.9 Å². The average Bonchev–Trinajstić information content (AvgIpc) is 3.29. The van der Waals surface area contributed by atoms with Gasteiger partial charge in [0.1, 0.15) is 5.75 Å². The Morgan fingerprint density at radius 1 is 1.22 bits per heavy atom. The summed E-state index contributed by atoms with van der Waals surface area (Å²) in [6.45, 7) is 2.60. The minimum absolute atomic E-state index is 0.129. The molecule has 0 bridgehead atoms. The van der Waals surface area contributed by atoms with E-state index in [2.05, 4.69) is 30.5 Å². The maximum atomic E-state index is 13.2. The number of aromatic amines is 1. The number of ether oxygens (including phenoxy) is 1. The molecule has 1 amide bonds. The topological polar surface area (TPSA) is 91.3 Å². The second kappa shape index (κ2) is 9.47. The number of amides is 1. The van der Waals surface area contributed by atoms with Gasteiger partial charge in [0.15, 0.2) is 0 Å². The molecule has 7 nitrogen and oxygen atoms in total. The van der Waals surface area contributed by atoms with Crippen molar-refractivity contribution in [2.24, 2.45) is 0 Å². The Morgan fingerprint density at radius 2 is 2.06 bits per heavy atom. The Morgan fingerprint density at radius 3 is 2.81 bits per heavy atom. The van der Waals surface area contributed by atoms with Gasteiger partial charge in [-0.2, -0.15) is 5.10 Å². The minimum atomic E-state index is -0.169. The fraction of sp³-hybridized carbons (Fsp3) is 0.208. The number of aliphatic hydroxyl groups is 1. The molecule has 0 spiro atoms. The largest absolute Gasteiger partial charge is 0.493 e. The van der Waals surface area contributed by atoms with Crippen LogP contribution in [0.25, 0.3) is 22.0 Å². The highest BCUT2D eigenvalue weighted by Crippen LogP contribution is 2.31. The number of carbonyl (C=O) groups excluding carboxylic acids is 1. The molecule has 0 fully saturated rings. The van der Waals surface area contributed by atoms with Crippen molar-refractivity contribution in [1.29, 1.82) is 0 Å². The molecule has 0 aliphatic heterocycles. The predicted molar refractivity (Wildman–Crippen MR) is 128 cm³/mol. The molecule has 8 heteroatoms. The molecular formula is C24H25N4O3P. The number of hydrogen-bond acceptors (Lipinski definition) is 5. The van der Waals surface area contributed by atoms with Crippen LogP contribution in [0.4, 0.5) is 0 Å². The van der Waals surface area contributed by atoms with E-state index in [1.165, 1.54) is 0 Å². The van der Waals surface area contributed by atoms with Crippen LogP contribution < -0.4 is 10.0 Å². The molecule has 0 saturated heterocycles. The summed E-state index contributed by atoms with van der Waals surface area (Å²) in [4.78, 5) is 19.1. The zero-order valence-electron chi connectivity index (χ0n) is 18.0.